The Balaban J connectivity index is 1.69. The minimum atomic E-state index is -0.0967. The molecule has 2 aliphatic rings. The van der Waals surface area contributed by atoms with Crippen LogP contribution in [0.1, 0.15) is 24.0 Å². The summed E-state index contributed by atoms with van der Waals surface area (Å²) in [6, 6.07) is 6.06. The van der Waals surface area contributed by atoms with E-state index >= 15 is 0 Å². The highest BCUT2D eigenvalue weighted by Crippen LogP contribution is 2.21. The van der Waals surface area contributed by atoms with Crippen molar-refractivity contribution in [1.82, 2.24) is 10.2 Å². The fourth-order valence-electron chi connectivity index (χ4n) is 3.36. The van der Waals surface area contributed by atoms with Gasteiger partial charge in [0.1, 0.15) is 6.54 Å². The molecule has 118 valence electrons. The standard InChI is InChI=1S/C17H23N3O2/c1-12-8-13(2)10-14(9-12)20-7-6-19(11-16(20)21)17(22)15-4-3-5-18-15/h8-10,15,18H,3-7,11H2,1-2H3/t15-/m1/s1. The van der Waals surface area contributed by atoms with Gasteiger partial charge < -0.3 is 15.1 Å². The molecule has 0 unspecified atom stereocenters. The highest BCUT2D eigenvalue weighted by molar-refractivity contribution is 5.98. The van der Waals surface area contributed by atoms with Crippen LogP contribution in [0.2, 0.25) is 0 Å². The molecule has 3 rings (SSSR count). The molecule has 2 aliphatic heterocycles. The van der Waals surface area contributed by atoms with Gasteiger partial charge in [-0.25, -0.2) is 0 Å². The summed E-state index contributed by atoms with van der Waals surface area (Å²) < 4.78 is 0. The highest BCUT2D eigenvalue weighted by atomic mass is 16.2. The largest absolute Gasteiger partial charge is 0.330 e. The number of nitrogens with zero attached hydrogens (tertiary/aromatic N) is 2. The van der Waals surface area contributed by atoms with E-state index in [0.29, 0.717) is 13.1 Å². The summed E-state index contributed by atoms with van der Waals surface area (Å²) in [5.74, 6) is 0.0773. The summed E-state index contributed by atoms with van der Waals surface area (Å²) in [5, 5.41) is 3.21. The molecule has 1 aromatic carbocycles. The van der Waals surface area contributed by atoms with Gasteiger partial charge in [0.15, 0.2) is 0 Å². The van der Waals surface area contributed by atoms with Crippen molar-refractivity contribution < 1.29 is 9.59 Å². The quantitative estimate of drug-likeness (QED) is 0.894. The van der Waals surface area contributed by atoms with E-state index in [9.17, 15) is 9.59 Å². The Hall–Kier alpha value is -1.88. The van der Waals surface area contributed by atoms with E-state index in [-0.39, 0.29) is 24.4 Å². The van der Waals surface area contributed by atoms with E-state index in [0.717, 1.165) is 36.2 Å². The summed E-state index contributed by atoms with van der Waals surface area (Å²) in [7, 11) is 0. The van der Waals surface area contributed by atoms with Crippen LogP contribution in [0.15, 0.2) is 18.2 Å². The van der Waals surface area contributed by atoms with Gasteiger partial charge in [-0.1, -0.05) is 6.07 Å². The summed E-state index contributed by atoms with van der Waals surface area (Å²) >= 11 is 0. The summed E-state index contributed by atoms with van der Waals surface area (Å²) in [5.41, 5.74) is 3.24. The molecule has 1 atom stereocenters. The molecule has 0 aromatic heterocycles. The van der Waals surface area contributed by atoms with Gasteiger partial charge in [0.05, 0.1) is 6.04 Å². The molecule has 0 radical (unpaired) electrons. The molecule has 0 spiro atoms. The summed E-state index contributed by atoms with van der Waals surface area (Å²) in [6.07, 6.45) is 1.91. The smallest absolute Gasteiger partial charge is 0.246 e. The minimum Gasteiger partial charge on any atom is -0.330 e. The zero-order chi connectivity index (χ0) is 15.7. The van der Waals surface area contributed by atoms with E-state index in [1.807, 2.05) is 26.0 Å². The monoisotopic (exact) mass is 301 g/mol. The third-order valence-corrected chi connectivity index (χ3v) is 4.41. The van der Waals surface area contributed by atoms with Crippen LogP contribution in [0.4, 0.5) is 5.69 Å². The number of amides is 2. The van der Waals surface area contributed by atoms with Crippen LogP contribution >= 0.6 is 0 Å². The van der Waals surface area contributed by atoms with E-state index < -0.39 is 0 Å². The van der Waals surface area contributed by atoms with E-state index in [4.69, 9.17) is 0 Å². The first-order valence-corrected chi connectivity index (χ1v) is 7.95. The van der Waals surface area contributed by atoms with Crippen LogP contribution < -0.4 is 10.2 Å². The third-order valence-electron chi connectivity index (χ3n) is 4.41. The van der Waals surface area contributed by atoms with Gasteiger partial charge in [0.25, 0.3) is 0 Å². The van der Waals surface area contributed by atoms with Crippen molar-refractivity contribution in [3.63, 3.8) is 0 Å². The van der Waals surface area contributed by atoms with Gasteiger partial charge in [-0.3, -0.25) is 9.59 Å². The molecule has 1 aromatic rings. The second-order valence-corrected chi connectivity index (χ2v) is 6.30. The lowest BCUT2D eigenvalue weighted by Crippen LogP contribution is -2.55. The number of hydrogen-bond donors (Lipinski definition) is 1. The van der Waals surface area contributed by atoms with Gasteiger partial charge in [0, 0.05) is 18.8 Å². The first-order valence-electron chi connectivity index (χ1n) is 7.95. The van der Waals surface area contributed by atoms with Crippen LogP contribution in [-0.4, -0.2) is 48.9 Å². The van der Waals surface area contributed by atoms with Crippen LogP contribution in [-0.2, 0) is 9.59 Å². The van der Waals surface area contributed by atoms with Gasteiger partial charge in [0.2, 0.25) is 11.8 Å². The predicted molar refractivity (Wildman–Crippen MR) is 85.9 cm³/mol. The molecule has 2 saturated heterocycles. The number of piperazine rings is 1. The van der Waals surface area contributed by atoms with Crippen molar-refractivity contribution >= 4 is 17.5 Å². The molecular weight excluding hydrogens is 278 g/mol. The first-order chi connectivity index (χ1) is 10.5. The van der Waals surface area contributed by atoms with Crippen LogP contribution in [0.25, 0.3) is 0 Å². The maximum absolute atomic E-state index is 12.5. The number of anilines is 1. The molecule has 22 heavy (non-hydrogen) atoms. The Labute approximate surface area is 131 Å². The lowest BCUT2D eigenvalue weighted by Gasteiger charge is -2.35. The van der Waals surface area contributed by atoms with Crippen LogP contribution in [0, 0.1) is 13.8 Å². The summed E-state index contributed by atoms with van der Waals surface area (Å²) in [6.45, 7) is 6.33. The third kappa shape index (κ3) is 2.99. The predicted octanol–water partition coefficient (Wildman–Crippen LogP) is 1.23. The van der Waals surface area contributed by atoms with Crippen molar-refractivity contribution in [1.29, 1.82) is 0 Å². The lowest BCUT2D eigenvalue weighted by atomic mass is 10.1. The fourth-order valence-corrected chi connectivity index (χ4v) is 3.36. The fraction of sp³-hybridized carbons (Fsp3) is 0.529. The second-order valence-electron chi connectivity index (χ2n) is 6.30. The number of rotatable bonds is 2. The number of carbonyl (C=O) groups is 2. The summed E-state index contributed by atoms with van der Waals surface area (Å²) in [4.78, 5) is 28.3. The van der Waals surface area contributed by atoms with Crippen LogP contribution in [0.5, 0.6) is 0 Å². The maximum Gasteiger partial charge on any atom is 0.246 e. The molecule has 0 saturated carbocycles. The minimum absolute atomic E-state index is 0.00240. The topological polar surface area (TPSA) is 52.6 Å². The molecule has 1 N–H and O–H groups in total. The zero-order valence-electron chi connectivity index (χ0n) is 13.3. The Bertz CT molecular complexity index is 573. The van der Waals surface area contributed by atoms with E-state index in [1.54, 1.807) is 9.80 Å². The zero-order valence-corrected chi connectivity index (χ0v) is 13.3. The van der Waals surface area contributed by atoms with E-state index in [1.165, 1.54) is 0 Å². The Kier molecular flexibility index (Phi) is 4.16. The first kappa shape index (κ1) is 15.0. The lowest BCUT2D eigenvalue weighted by molar-refractivity contribution is -0.138. The SMILES string of the molecule is Cc1cc(C)cc(N2CCN(C(=O)[C@H]3CCCN3)CC2=O)c1. The molecule has 2 amide bonds. The number of benzene rings is 1. The Morgan fingerprint density at radius 1 is 1.18 bits per heavy atom. The second kappa shape index (κ2) is 6.08. The molecule has 5 nitrogen and oxygen atoms in total. The number of hydrogen-bond acceptors (Lipinski definition) is 3. The van der Waals surface area contributed by atoms with Crippen molar-refractivity contribution in [2.75, 3.05) is 31.1 Å². The number of aryl methyl sites for hydroxylation is 2. The Morgan fingerprint density at radius 2 is 1.91 bits per heavy atom. The molecule has 0 bridgehead atoms. The Morgan fingerprint density at radius 3 is 2.50 bits per heavy atom. The van der Waals surface area contributed by atoms with Crippen LogP contribution in [0.3, 0.4) is 0 Å². The molecule has 2 fully saturated rings. The van der Waals surface area contributed by atoms with Gasteiger partial charge in [-0.05, 0) is 56.5 Å². The van der Waals surface area contributed by atoms with Gasteiger partial charge in [-0.15, -0.1) is 0 Å². The van der Waals surface area contributed by atoms with Crippen molar-refractivity contribution in [3.05, 3.63) is 29.3 Å². The van der Waals surface area contributed by atoms with E-state index in [2.05, 4.69) is 11.4 Å². The normalized spacial score (nSPS) is 22.3. The van der Waals surface area contributed by atoms with Crippen molar-refractivity contribution in [3.8, 4) is 0 Å². The average Bonchev–Trinajstić information content (AvgIpc) is 2.99. The average molecular weight is 301 g/mol. The number of carbonyl (C=O) groups excluding carboxylic acids is 2. The van der Waals surface area contributed by atoms with Gasteiger partial charge >= 0.3 is 0 Å². The van der Waals surface area contributed by atoms with Crippen molar-refractivity contribution in [2.24, 2.45) is 0 Å². The van der Waals surface area contributed by atoms with Crippen molar-refractivity contribution in [2.45, 2.75) is 32.7 Å². The molecule has 2 heterocycles. The maximum atomic E-state index is 12.5. The number of nitrogens with one attached hydrogen (secondary N) is 1. The van der Waals surface area contributed by atoms with Gasteiger partial charge in [-0.2, -0.15) is 0 Å². The molecule has 5 heteroatoms. The highest BCUT2D eigenvalue weighted by Gasteiger charge is 2.32. The molecular formula is C17H23N3O2. The molecule has 0 aliphatic carbocycles.